The number of nitrogens with one attached hydrogen (secondary N) is 2. The van der Waals surface area contributed by atoms with Crippen molar-refractivity contribution in [1.82, 2.24) is 15.0 Å². The summed E-state index contributed by atoms with van der Waals surface area (Å²) >= 11 is 0.451. The van der Waals surface area contributed by atoms with Gasteiger partial charge in [0.05, 0.1) is 16.6 Å². The van der Waals surface area contributed by atoms with Crippen LogP contribution in [-0.2, 0) is 23.4 Å². The smallest absolute Gasteiger partial charge is 0.136 e. The van der Waals surface area contributed by atoms with Crippen molar-refractivity contribution < 1.29 is 9.66 Å². The van der Waals surface area contributed by atoms with Crippen LogP contribution in [0, 0.1) is 5.41 Å². The first-order valence-corrected chi connectivity index (χ1v) is 10.6. The number of aromatic nitrogens is 1. The van der Waals surface area contributed by atoms with Gasteiger partial charge in [0, 0.05) is 16.8 Å². The minimum Gasteiger partial charge on any atom is -0.598 e. The van der Waals surface area contributed by atoms with Gasteiger partial charge in [0.1, 0.15) is 15.4 Å². The lowest BCUT2D eigenvalue weighted by atomic mass is 9.74. The summed E-state index contributed by atoms with van der Waals surface area (Å²) in [5, 5.41) is 14.5. The maximum absolute atomic E-state index is 12.8. The third-order valence-electron chi connectivity index (χ3n) is 5.03. The van der Waals surface area contributed by atoms with Crippen molar-refractivity contribution in [3.05, 3.63) is 15.6 Å². The molecule has 7 heteroatoms. The number of piperidine rings is 1. The summed E-state index contributed by atoms with van der Waals surface area (Å²) in [7, 11) is 0. The van der Waals surface area contributed by atoms with Crippen LogP contribution in [0.5, 0.6) is 0 Å². The number of aliphatic hydroxyl groups is 1. The van der Waals surface area contributed by atoms with E-state index < -0.39 is 17.0 Å². The molecule has 0 aromatic carbocycles. The van der Waals surface area contributed by atoms with Gasteiger partial charge in [0.2, 0.25) is 0 Å². The third kappa shape index (κ3) is 3.39. The molecule has 1 fully saturated rings. The summed E-state index contributed by atoms with van der Waals surface area (Å²) < 4.78 is 15.9. The number of hydrogen-bond donors (Lipinski definition) is 3. The molecule has 1 spiro atoms. The zero-order valence-corrected chi connectivity index (χ0v) is 16.9. The fraction of sp³-hybridized carbons (Fsp3) is 0.824. The Morgan fingerprint density at radius 3 is 2.46 bits per heavy atom. The van der Waals surface area contributed by atoms with Crippen LogP contribution in [0.1, 0.15) is 69.1 Å². The van der Waals surface area contributed by atoms with Crippen molar-refractivity contribution in [3.8, 4) is 0 Å². The van der Waals surface area contributed by atoms with E-state index in [1.807, 2.05) is 20.8 Å². The molecule has 1 aliphatic carbocycles. The number of hydrogen-bond acceptors (Lipinski definition) is 6. The van der Waals surface area contributed by atoms with E-state index in [1.54, 1.807) is 25.2 Å². The minimum absolute atomic E-state index is 0.0586. The Bertz CT molecular complexity index is 598. The second-order valence-corrected chi connectivity index (χ2v) is 11.6. The molecule has 2 aliphatic rings. The highest BCUT2D eigenvalue weighted by Gasteiger charge is 2.52. The molecule has 0 saturated carbocycles. The quantitative estimate of drug-likeness (QED) is 0.711. The Morgan fingerprint density at radius 1 is 1.29 bits per heavy atom. The average Bonchev–Trinajstić information content (AvgIpc) is 2.97. The van der Waals surface area contributed by atoms with Gasteiger partial charge in [-0.05, 0) is 67.0 Å². The van der Waals surface area contributed by atoms with Crippen LogP contribution in [0.15, 0.2) is 0 Å². The van der Waals surface area contributed by atoms with Crippen LogP contribution in [-0.4, -0.2) is 32.5 Å². The molecule has 1 aromatic rings. The van der Waals surface area contributed by atoms with Crippen molar-refractivity contribution >= 4 is 22.7 Å². The Hall–Kier alpha value is -0.180. The maximum Gasteiger partial charge on any atom is 0.136 e. The Kier molecular flexibility index (Phi) is 4.82. The predicted molar refractivity (Wildman–Crippen MR) is 99.4 cm³/mol. The summed E-state index contributed by atoms with van der Waals surface area (Å²) in [6.07, 6.45) is 3.04. The van der Waals surface area contributed by atoms with Gasteiger partial charge in [-0.2, -0.15) is 0 Å². The molecule has 136 valence electrons. The molecule has 24 heavy (non-hydrogen) atoms. The van der Waals surface area contributed by atoms with Gasteiger partial charge in [-0.1, -0.05) is 0 Å². The van der Waals surface area contributed by atoms with Crippen LogP contribution in [0.2, 0.25) is 0 Å². The number of thiazole rings is 1. The van der Waals surface area contributed by atoms with Crippen molar-refractivity contribution in [2.24, 2.45) is 5.41 Å². The molecule has 3 N–H and O–H groups in total. The molecule has 1 saturated heterocycles. The van der Waals surface area contributed by atoms with E-state index >= 15 is 0 Å². The number of rotatable bonds is 3. The topological polar surface area (TPSA) is 80.2 Å². The SMILES string of the molecule is CC(C)(O)c1nc2c(s1)[C@@H](N[S+]([O-])C(C)(C)C)C1(CCNCC1)C2. The molecule has 1 unspecified atom stereocenters. The van der Waals surface area contributed by atoms with E-state index in [1.165, 1.54) is 4.88 Å². The fourth-order valence-electron chi connectivity index (χ4n) is 3.54. The van der Waals surface area contributed by atoms with Crippen LogP contribution in [0.3, 0.4) is 0 Å². The Morgan fingerprint density at radius 2 is 1.92 bits per heavy atom. The largest absolute Gasteiger partial charge is 0.598 e. The molecule has 5 nitrogen and oxygen atoms in total. The summed E-state index contributed by atoms with van der Waals surface area (Å²) in [5.74, 6) is 0. The van der Waals surface area contributed by atoms with Gasteiger partial charge in [-0.3, -0.25) is 0 Å². The van der Waals surface area contributed by atoms with Crippen molar-refractivity contribution in [1.29, 1.82) is 0 Å². The molecule has 2 atom stereocenters. The van der Waals surface area contributed by atoms with Crippen molar-refractivity contribution in [2.45, 2.75) is 70.3 Å². The first-order chi connectivity index (χ1) is 11.0. The molecule has 0 amide bonds. The van der Waals surface area contributed by atoms with Gasteiger partial charge in [-0.25, -0.2) is 4.98 Å². The minimum atomic E-state index is -1.13. The van der Waals surface area contributed by atoms with Gasteiger partial charge >= 0.3 is 0 Å². The van der Waals surface area contributed by atoms with Crippen LogP contribution < -0.4 is 10.0 Å². The zero-order valence-electron chi connectivity index (χ0n) is 15.2. The summed E-state index contributed by atoms with van der Waals surface area (Å²) in [5.41, 5.74) is 0.255. The lowest BCUT2D eigenvalue weighted by Crippen LogP contribution is -2.48. The molecule has 1 aliphatic heterocycles. The average molecular weight is 372 g/mol. The number of fused-ring (bicyclic) bond motifs is 1. The molecule has 1 aromatic heterocycles. The first kappa shape index (κ1) is 18.6. The second-order valence-electron chi connectivity index (χ2n) is 8.61. The van der Waals surface area contributed by atoms with Crippen LogP contribution in [0.4, 0.5) is 0 Å². The lowest BCUT2D eigenvalue weighted by Gasteiger charge is -2.40. The van der Waals surface area contributed by atoms with E-state index in [0.29, 0.717) is 0 Å². The van der Waals surface area contributed by atoms with Gasteiger partial charge < -0.3 is 15.0 Å². The summed E-state index contributed by atoms with van der Waals surface area (Å²) in [6.45, 7) is 11.5. The van der Waals surface area contributed by atoms with Gasteiger partial charge in [0.25, 0.3) is 0 Å². The van der Waals surface area contributed by atoms with E-state index in [2.05, 4.69) is 10.0 Å². The fourth-order valence-corrected chi connectivity index (χ4v) is 5.83. The highest BCUT2D eigenvalue weighted by atomic mass is 32.2. The first-order valence-electron chi connectivity index (χ1n) is 8.64. The molecule has 0 bridgehead atoms. The Balaban J connectivity index is 1.95. The highest BCUT2D eigenvalue weighted by Crippen LogP contribution is 2.54. The van der Waals surface area contributed by atoms with Crippen LogP contribution in [0.25, 0.3) is 0 Å². The Labute approximate surface area is 152 Å². The normalized spacial score (nSPS) is 25.0. The van der Waals surface area contributed by atoms with Gasteiger partial charge in [0.15, 0.2) is 0 Å². The van der Waals surface area contributed by atoms with Gasteiger partial charge in [-0.15, -0.1) is 16.1 Å². The standard InChI is InChI=1S/C17H29N3O2S2/c1-15(2,3)24(22)20-13-12-11(19-14(23-12)16(4,5)21)10-17(13)6-8-18-9-7-17/h13,18,20-21H,6-10H2,1-5H3/t13-,24?/m1/s1. The molecule has 2 heterocycles. The molecular formula is C17H29N3O2S2. The van der Waals surface area contributed by atoms with Crippen molar-refractivity contribution in [3.63, 3.8) is 0 Å². The molecule has 3 rings (SSSR count). The molecular weight excluding hydrogens is 342 g/mol. The lowest BCUT2D eigenvalue weighted by molar-refractivity contribution is 0.0778. The maximum atomic E-state index is 12.8. The van der Waals surface area contributed by atoms with E-state index in [4.69, 9.17) is 4.98 Å². The monoisotopic (exact) mass is 371 g/mol. The van der Waals surface area contributed by atoms with Crippen LogP contribution >= 0.6 is 11.3 Å². The predicted octanol–water partition coefficient (Wildman–Crippen LogP) is 2.39. The van der Waals surface area contributed by atoms with E-state index in [9.17, 15) is 9.66 Å². The highest BCUT2D eigenvalue weighted by molar-refractivity contribution is 7.90. The van der Waals surface area contributed by atoms with E-state index in [-0.39, 0.29) is 16.2 Å². The zero-order chi connectivity index (χ0) is 17.8. The summed E-state index contributed by atoms with van der Waals surface area (Å²) in [6, 6.07) is 0.0586. The van der Waals surface area contributed by atoms with Crippen molar-refractivity contribution in [2.75, 3.05) is 13.1 Å². The number of nitrogens with zero attached hydrogens (tertiary/aromatic N) is 1. The second kappa shape index (κ2) is 6.21. The third-order valence-corrected chi connectivity index (χ3v) is 8.06. The molecule has 0 radical (unpaired) electrons. The summed E-state index contributed by atoms with van der Waals surface area (Å²) in [4.78, 5) is 5.91. The van der Waals surface area contributed by atoms with E-state index in [0.717, 1.165) is 43.1 Å².